The maximum absolute atomic E-state index is 13.2. The summed E-state index contributed by atoms with van der Waals surface area (Å²) in [6.45, 7) is 9.92. The molecular weight excluding hydrogens is 512 g/mol. The van der Waals surface area contributed by atoms with Crippen molar-refractivity contribution in [2.75, 3.05) is 65.2 Å². The molecule has 0 bridgehead atoms. The lowest BCUT2D eigenvalue weighted by Crippen LogP contribution is -2.48. The van der Waals surface area contributed by atoms with Gasteiger partial charge in [-0.3, -0.25) is 19.9 Å². The first kappa shape index (κ1) is 27.7. The number of piperazine rings is 1. The van der Waals surface area contributed by atoms with Crippen LogP contribution in [0.1, 0.15) is 45.0 Å². The zero-order chi connectivity index (χ0) is 26.7. The van der Waals surface area contributed by atoms with Gasteiger partial charge >= 0.3 is 0 Å². The SMILES string of the molecule is CCN1CCN(S(=O)(=O)c2ccc(C(=O)Nc3sc4c(c3C(=O)NN(C)C)CCN(CC)C4)cc2)CC1. The molecule has 0 saturated carbocycles. The molecule has 0 unspecified atom stereocenters. The molecular formula is C25H36N6O4S2. The van der Waals surface area contributed by atoms with E-state index in [-0.39, 0.29) is 16.7 Å². The molecule has 1 aromatic heterocycles. The summed E-state index contributed by atoms with van der Waals surface area (Å²) in [6, 6.07) is 6.01. The van der Waals surface area contributed by atoms with E-state index in [9.17, 15) is 18.0 Å². The van der Waals surface area contributed by atoms with Crippen molar-refractivity contribution in [3.63, 3.8) is 0 Å². The Bertz CT molecular complexity index is 1230. The van der Waals surface area contributed by atoms with E-state index >= 15 is 0 Å². The largest absolute Gasteiger partial charge is 0.313 e. The number of carbonyl (C=O) groups is 2. The average molecular weight is 549 g/mol. The van der Waals surface area contributed by atoms with Gasteiger partial charge in [0.15, 0.2) is 0 Å². The second-order valence-electron chi connectivity index (χ2n) is 9.48. The fourth-order valence-electron chi connectivity index (χ4n) is 4.70. The smallest absolute Gasteiger partial charge is 0.268 e. The molecule has 10 nitrogen and oxygen atoms in total. The predicted molar refractivity (Wildman–Crippen MR) is 145 cm³/mol. The number of fused-ring (bicyclic) bond motifs is 1. The molecule has 12 heteroatoms. The summed E-state index contributed by atoms with van der Waals surface area (Å²) in [7, 11) is -0.133. The van der Waals surface area contributed by atoms with Crippen molar-refractivity contribution < 1.29 is 18.0 Å². The van der Waals surface area contributed by atoms with Crippen LogP contribution in [-0.2, 0) is 23.0 Å². The Morgan fingerprint density at radius 3 is 2.19 bits per heavy atom. The number of hydrogen-bond donors (Lipinski definition) is 2. The molecule has 1 saturated heterocycles. The van der Waals surface area contributed by atoms with Crippen LogP contribution in [0, 0.1) is 0 Å². The van der Waals surface area contributed by atoms with Crippen LogP contribution in [-0.4, -0.2) is 99.3 Å². The minimum atomic E-state index is -3.62. The third-order valence-corrected chi connectivity index (χ3v) is 9.94. The minimum absolute atomic E-state index is 0.172. The van der Waals surface area contributed by atoms with E-state index < -0.39 is 10.0 Å². The molecule has 0 spiro atoms. The molecule has 4 rings (SSSR count). The Balaban J connectivity index is 1.53. The lowest BCUT2D eigenvalue weighted by molar-refractivity contribution is 0.0856. The van der Waals surface area contributed by atoms with E-state index in [2.05, 4.69) is 34.4 Å². The van der Waals surface area contributed by atoms with E-state index in [1.54, 1.807) is 19.1 Å². The highest BCUT2D eigenvalue weighted by Gasteiger charge is 2.30. The minimum Gasteiger partial charge on any atom is -0.313 e. The van der Waals surface area contributed by atoms with Gasteiger partial charge < -0.3 is 10.2 Å². The molecule has 2 amide bonds. The zero-order valence-electron chi connectivity index (χ0n) is 21.9. The number of thiophene rings is 1. The lowest BCUT2D eigenvalue weighted by atomic mass is 10.0. The highest BCUT2D eigenvalue weighted by atomic mass is 32.2. The van der Waals surface area contributed by atoms with Gasteiger partial charge in [-0.05, 0) is 49.3 Å². The van der Waals surface area contributed by atoms with Gasteiger partial charge in [0.05, 0.1) is 10.5 Å². The standard InChI is InChI=1S/C25H36N6O4S2/c1-5-29-13-15-31(16-14-29)37(34,35)19-9-7-18(8-10-19)23(32)26-25-22(24(33)27-28(3)4)20-11-12-30(6-2)17-21(20)36-25/h7-10H,5-6,11-17H2,1-4H3,(H,26,32)(H,27,33). The second kappa shape index (κ2) is 11.6. The van der Waals surface area contributed by atoms with Crippen molar-refractivity contribution >= 4 is 38.2 Å². The summed E-state index contributed by atoms with van der Waals surface area (Å²) >= 11 is 1.43. The first-order chi connectivity index (χ1) is 17.6. The van der Waals surface area contributed by atoms with Crippen molar-refractivity contribution in [2.45, 2.75) is 31.7 Å². The van der Waals surface area contributed by atoms with Gasteiger partial charge in [-0.2, -0.15) is 4.31 Å². The van der Waals surface area contributed by atoms with Crippen LogP contribution in [0.4, 0.5) is 5.00 Å². The maximum atomic E-state index is 13.2. The van der Waals surface area contributed by atoms with Crippen molar-refractivity contribution in [3.8, 4) is 0 Å². The summed E-state index contributed by atoms with van der Waals surface area (Å²) < 4.78 is 27.7. The summed E-state index contributed by atoms with van der Waals surface area (Å²) in [4.78, 5) is 32.0. The van der Waals surface area contributed by atoms with Crippen LogP contribution in [0.25, 0.3) is 0 Å². The fraction of sp³-hybridized carbons (Fsp3) is 0.520. The first-order valence-corrected chi connectivity index (χ1v) is 14.9. The number of nitrogens with one attached hydrogen (secondary N) is 2. The predicted octanol–water partition coefficient (Wildman–Crippen LogP) is 1.91. The molecule has 1 aromatic carbocycles. The van der Waals surface area contributed by atoms with Gasteiger partial charge in [-0.25, -0.2) is 13.4 Å². The van der Waals surface area contributed by atoms with E-state index in [0.717, 1.165) is 43.0 Å². The fourth-order valence-corrected chi connectivity index (χ4v) is 7.41. The van der Waals surface area contributed by atoms with Gasteiger partial charge in [0.2, 0.25) is 10.0 Å². The quantitative estimate of drug-likeness (QED) is 0.486. The Labute approximate surface area is 223 Å². The van der Waals surface area contributed by atoms with Gasteiger partial charge in [0.25, 0.3) is 11.8 Å². The number of benzene rings is 1. The van der Waals surface area contributed by atoms with Crippen molar-refractivity contribution in [3.05, 3.63) is 45.8 Å². The number of hydrogen-bond acceptors (Lipinski definition) is 8. The van der Waals surface area contributed by atoms with Crippen LogP contribution in [0.3, 0.4) is 0 Å². The summed E-state index contributed by atoms with van der Waals surface area (Å²) in [5.74, 6) is -0.641. The number of amides is 2. The first-order valence-electron chi connectivity index (χ1n) is 12.6. The molecule has 3 heterocycles. The molecule has 1 fully saturated rings. The number of sulfonamides is 1. The van der Waals surface area contributed by atoms with E-state index in [1.807, 2.05) is 0 Å². The summed E-state index contributed by atoms with van der Waals surface area (Å²) in [6.07, 6.45) is 0.741. The molecule has 2 aromatic rings. The number of anilines is 1. The van der Waals surface area contributed by atoms with Crippen LogP contribution >= 0.6 is 11.3 Å². The summed E-state index contributed by atoms with van der Waals surface area (Å²) in [5.41, 5.74) is 4.61. The van der Waals surface area contributed by atoms with Gasteiger partial charge in [0.1, 0.15) is 5.00 Å². The van der Waals surface area contributed by atoms with Gasteiger partial charge in [0, 0.05) is 63.8 Å². The van der Waals surface area contributed by atoms with E-state index in [1.165, 1.54) is 39.9 Å². The van der Waals surface area contributed by atoms with Gasteiger partial charge in [-0.15, -0.1) is 11.3 Å². The monoisotopic (exact) mass is 548 g/mol. The number of hydrazine groups is 1. The highest BCUT2D eigenvalue weighted by molar-refractivity contribution is 7.89. The van der Waals surface area contributed by atoms with Crippen LogP contribution in [0.15, 0.2) is 29.2 Å². The van der Waals surface area contributed by atoms with Crippen molar-refractivity contribution in [1.82, 2.24) is 24.5 Å². The molecule has 2 aliphatic rings. The third kappa shape index (κ3) is 6.05. The topological polar surface area (TPSA) is 105 Å². The highest BCUT2D eigenvalue weighted by Crippen LogP contribution is 2.37. The summed E-state index contributed by atoms with van der Waals surface area (Å²) in [5, 5.41) is 5.02. The molecule has 0 aliphatic carbocycles. The maximum Gasteiger partial charge on any atom is 0.268 e. The average Bonchev–Trinajstić information content (AvgIpc) is 3.25. The lowest BCUT2D eigenvalue weighted by Gasteiger charge is -2.33. The van der Waals surface area contributed by atoms with Crippen molar-refractivity contribution in [1.29, 1.82) is 0 Å². The zero-order valence-corrected chi connectivity index (χ0v) is 23.5. The van der Waals surface area contributed by atoms with Crippen LogP contribution in [0.5, 0.6) is 0 Å². The van der Waals surface area contributed by atoms with E-state index in [4.69, 9.17) is 0 Å². The Morgan fingerprint density at radius 1 is 0.946 bits per heavy atom. The Morgan fingerprint density at radius 2 is 1.59 bits per heavy atom. The van der Waals surface area contributed by atoms with Gasteiger partial charge in [-0.1, -0.05) is 13.8 Å². The molecule has 202 valence electrons. The number of rotatable bonds is 8. The molecule has 37 heavy (non-hydrogen) atoms. The molecule has 2 N–H and O–H groups in total. The molecule has 0 radical (unpaired) electrons. The second-order valence-corrected chi connectivity index (χ2v) is 12.5. The number of likely N-dealkylation sites (N-methyl/N-ethyl adjacent to an activating group) is 2. The number of carbonyl (C=O) groups excluding carboxylic acids is 2. The molecule has 2 aliphatic heterocycles. The Hall–Kier alpha value is -2.35. The Kier molecular flexibility index (Phi) is 8.66. The number of nitrogens with zero attached hydrogens (tertiary/aromatic N) is 4. The normalized spacial score (nSPS) is 17.5. The third-order valence-electron chi connectivity index (χ3n) is 6.90. The van der Waals surface area contributed by atoms with Crippen LogP contribution in [0.2, 0.25) is 0 Å². The van der Waals surface area contributed by atoms with Crippen LogP contribution < -0.4 is 10.7 Å². The van der Waals surface area contributed by atoms with Crippen molar-refractivity contribution in [2.24, 2.45) is 0 Å². The van der Waals surface area contributed by atoms with E-state index in [0.29, 0.717) is 42.3 Å². The molecule has 0 atom stereocenters.